The standard InChI is InChI=1S/C24H19N5O4/c1-24(22(31)26-23(32)27-24)15-7-5-8-16(13-15)25-21(30)19-14-18(20-11-6-12-33-20)28-29(19)17-9-3-2-4-10-17/h2-14H,1H3,(H,25,30)(H2,26,27,31,32). The Morgan fingerprint density at radius 1 is 1.03 bits per heavy atom. The number of carbonyl (C=O) groups excluding carboxylic acids is 3. The van der Waals surface area contributed by atoms with Crippen LogP contribution in [0, 0.1) is 0 Å². The van der Waals surface area contributed by atoms with Crippen molar-refractivity contribution in [2.75, 3.05) is 5.32 Å². The zero-order valence-electron chi connectivity index (χ0n) is 17.5. The Kier molecular flexibility index (Phi) is 4.78. The van der Waals surface area contributed by atoms with Crippen LogP contribution < -0.4 is 16.0 Å². The molecule has 0 aliphatic carbocycles. The van der Waals surface area contributed by atoms with Crippen LogP contribution in [0.3, 0.4) is 0 Å². The Balaban J connectivity index is 1.48. The predicted molar refractivity (Wildman–Crippen MR) is 120 cm³/mol. The number of aromatic nitrogens is 2. The van der Waals surface area contributed by atoms with Gasteiger partial charge in [0, 0.05) is 11.8 Å². The van der Waals surface area contributed by atoms with E-state index in [1.165, 1.54) is 0 Å². The monoisotopic (exact) mass is 441 g/mol. The summed E-state index contributed by atoms with van der Waals surface area (Å²) in [6, 6.07) is 20.7. The van der Waals surface area contributed by atoms with Crippen molar-refractivity contribution in [3.63, 3.8) is 0 Å². The number of nitrogens with one attached hydrogen (secondary N) is 3. The molecule has 1 unspecified atom stereocenters. The van der Waals surface area contributed by atoms with Crippen molar-refractivity contribution in [3.8, 4) is 17.1 Å². The Morgan fingerprint density at radius 2 is 1.85 bits per heavy atom. The first-order valence-corrected chi connectivity index (χ1v) is 10.2. The second kappa shape index (κ2) is 7.79. The highest BCUT2D eigenvalue weighted by molar-refractivity contribution is 6.07. The number of imide groups is 1. The molecule has 1 atom stereocenters. The Hall–Kier alpha value is -4.66. The van der Waals surface area contributed by atoms with Crippen LogP contribution in [0.5, 0.6) is 0 Å². The number of anilines is 1. The zero-order chi connectivity index (χ0) is 23.0. The second-order valence-electron chi connectivity index (χ2n) is 7.71. The molecule has 2 aromatic heterocycles. The van der Waals surface area contributed by atoms with E-state index in [0.29, 0.717) is 34.1 Å². The van der Waals surface area contributed by atoms with Gasteiger partial charge in [0.1, 0.15) is 16.9 Å². The summed E-state index contributed by atoms with van der Waals surface area (Å²) in [6.07, 6.45) is 1.54. The molecule has 9 heteroatoms. The highest BCUT2D eigenvalue weighted by Gasteiger charge is 2.43. The van der Waals surface area contributed by atoms with Gasteiger partial charge in [0.15, 0.2) is 5.76 Å². The summed E-state index contributed by atoms with van der Waals surface area (Å²) in [5.41, 5.74) is 1.31. The van der Waals surface area contributed by atoms with Gasteiger partial charge in [-0.25, -0.2) is 9.48 Å². The number of para-hydroxylation sites is 1. The molecule has 1 aliphatic rings. The van der Waals surface area contributed by atoms with Crippen LogP contribution >= 0.6 is 0 Å². The van der Waals surface area contributed by atoms with Crippen LogP contribution in [0.2, 0.25) is 0 Å². The summed E-state index contributed by atoms with van der Waals surface area (Å²) in [6.45, 7) is 1.61. The number of hydrogen-bond acceptors (Lipinski definition) is 5. The minimum absolute atomic E-state index is 0.302. The van der Waals surface area contributed by atoms with E-state index >= 15 is 0 Å². The van der Waals surface area contributed by atoms with Gasteiger partial charge in [0.05, 0.1) is 12.0 Å². The average Bonchev–Trinajstić information content (AvgIpc) is 3.54. The lowest BCUT2D eigenvalue weighted by Gasteiger charge is -2.21. The van der Waals surface area contributed by atoms with Crippen molar-refractivity contribution in [3.05, 3.63) is 90.3 Å². The second-order valence-corrected chi connectivity index (χ2v) is 7.71. The van der Waals surface area contributed by atoms with Gasteiger partial charge in [-0.3, -0.25) is 14.9 Å². The normalized spacial score (nSPS) is 17.5. The molecule has 4 aromatic rings. The van der Waals surface area contributed by atoms with Gasteiger partial charge in [-0.1, -0.05) is 30.3 Å². The Morgan fingerprint density at radius 3 is 2.55 bits per heavy atom. The molecule has 5 rings (SSSR count). The van der Waals surface area contributed by atoms with Gasteiger partial charge in [-0.2, -0.15) is 5.10 Å². The third kappa shape index (κ3) is 3.65. The number of urea groups is 1. The number of rotatable bonds is 5. The van der Waals surface area contributed by atoms with Crippen LogP contribution in [0.4, 0.5) is 10.5 Å². The quantitative estimate of drug-likeness (QED) is 0.410. The summed E-state index contributed by atoms with van der Waals surface area (Å²) >= 11 is 0. The van der Waals surface area contributed by atoms with Crippen molar-refractivity contribution in [2.45, 2.75) is 12.5 Å². The minimum Gasteiger partial charge on any atom is -0.463 e. The molecule has 0 spiro atoms. The van der Waals surface area contributed by atoms with Crippen molar-refractivity contribution < 1.29 is 18.8 Å². The topological polar surface area (TPSA) is 118 Å². The molecule has 9 nitrogen and oxygen atoms in total. The van der Waals surface area contributed by atoms with Crippen LogP contribution in [0.25, 0.3) is 17.1 Å². The molecule has 0 saturated carbocycles. The number of furan rings is 1. The molecule has 1 fully saturated rings. The number of carbonyl (C=O) groups is 3. The van der Waals surface area contributed by atoms with E-state index < -0.39 is 23.4 Å². The largest absolute Gasteiger partial charge is 0.463 e. The highest BCUT2D eigenvalue weighted by atomic mass is 16.3. The smallest absolute Gasteiger partial charge is 0.322 e. The first-order chi connectivity index (χ1) is 15.9. The van der Waals surface area contributed by atoms with Crippen LogP contribution in [-0.4, -0.2) is 27.6 Å². The fourth-order valence-corrected chi connectivity index (χ4v) is 3.70. The lowest BCUT2D eigenvalue weighted by Crippen LogP contribution is -2.40. The van der Waals surface area contributed by atoms with Gasteiger partial charge in [-0.05, 0) is 48.9 Å². The van der Waals surface area contributed by atoms with Crippen molar-refractivity contribution in [2.24, 2.45) is 0 Å². The maximum atomic E-state index is 13.3. The molecular weight excluding hydrogens is 422 g/mol. The van der Waals surface area contributed by atoms with E-state index in [-0.39, 0.29) is 0 Å². The number of amides is 4. The minimum atomic E-state index is -1.23. The van der Waals surface area contributed by atoms with Crippen molar-refractivity contribution in [1.29, 1.82) is 0 Å². The molecule has 0 bridgehead atoms. The third-order valence-electron chi connectivity index (χ3n) is 5.46. The molecule has 1 saturated heterocycles. The molecule has 3 heterocycles. The molecule has 164 valence electrons. The fraction of sp³-hybridized carbons (Fsp3) is 0.0833. The average molecular weight is 441 g/mol. The van der Waals surface area contributed by atoms with Gasteiger partial charge in [0.2, 0.25) is 0 Å². The lowest BCUT2D eigenvalue weighted by molar-refractivity contribution is -0.123. The van der Waals surface area contributed by atoms with Gasteiger partial charge >= 0.3 is 6.03 Å². The molecule has 2 aromatic carbocycles. The molecular formula is C24H19N5O4. The Labute approximate surface area is 188 Å². The molecule has 3 N–H and O–H groups in total. The Bertz CT molecular complexity index is 1360. The van der Waals surface area contributed by atoms with Gasteiger partial charge in [-0.15, -0.1) is 0 Å². The summed E-state index contributed by atoms with van der Waals surface area (Å²) < 4.78 is 6.99. The van der Waals surface area contributed by atoms with E-state index in [2.05, 4.69) is 21.0 Å². The summed E-state index contributed by atoms with van der Waals surface area (Å²) in [5, 5.41) is 12.3. The van der Waals surface area contributed by atoms with Crippen LogP contribution in [0.1, 0.15) is 23.0 Å². The number of benzene rings is 2. The molecule has 4 amide bonds. The maximum absolute atomic E-state index is 13.3. The van der Waals surface area contributed by atoms with Crippen LogP contribution in [0.15, 0.2) is 83.5 Å². The molecule has 1 aliphatic heterocycles. The first kappa shape index (κ1) is 20.3. The maximum Gasteiger partial charge on any atom is 0.322 e. The summed E-state index contributed by atoms with van der Waals surface area (Å²) in [4.78, 5) is 37.2. The zero-order valence-corrected chi connectivity index (χ0v) is 17.5. The first-order valence-electron chi connectivity index (χ1n) is 10.2. The van der Waals surface area contributed by atoms with Crippen LogP contribution in [-0.2, 0) is 10.3 Å². The van der Waals surface area contributed by atoms with E-state index in [1.54, 1.807) is 60.3 Å². The van der Waals surface area contributed by atoms with Gasteiger partial charge in [0.25, 0.3) is 11.8 Å². The predicted octanol–water partition coefficient (Wildman–Crippen LogP) is 3.44. The summed E-state index contributed by atoms with van der Waals surface area (Å²) in [5.74, 6) is -0.316. The van der Waals surface area contributed by atoms with E-state index in [0.717, 1.165) is 0 Å². The molecule has 33 heavy (non-hydrogen) atoms. The molecule has 0 radical (unpaired) electrons. The number of hydrogen-bond donors (Lipinski definition) is 3. The fourth-order valence-electron chi connectivity index (χ4n) is 3.70. The SMILES string of the molecule is CC1(c2cccc(NC(=O)c3cc(-c4ccco4)nn3-c3ccccc3)c2)NC(=O)NC1=O. The third-order valence-corrected chi connectivity index (χ3v) is 5.46. The highest BCUT2D eigenvalue weighted by Crippen LogP contribution is 2.27. The van der Waals surface area contributed by atoms with E-state index in [9.17, 15) is 14.4 Å². The van der Waals surface area contributed by atoms with E-state index in [1.807, 2.05) is 30.3 Å². The van der Waals surface area contributed by atoms with Crippen molar-refractivity contribution in [1.82, 2.24) is 20.4 Å². The summed E-state index contributed by atoms with van der Waals surface area (Å²) in [7, 11) is 0. The van der Waals surface area contributed by atoms with Crippen molar-refractivity contribution >= 4 is 23.5 Å². The van der Waals surface area contributed by atoms with E-state index in [4.69, 9.17) is 4.42 Å². The number of nitrogens with zero attached hydrogens (tertiary/aromatic N) is 2. The lowest BCUT2D eigenvalue weighted by atomic mass is 9.92. The van der Waals surface area contributed by atoms with Gasteiger partial charge < -0.3 is 15.1 Å².